The van der Waals surface area contributed by atoms with Crippen molar-refractivity contribution in [1.82, 2.24) is 0 Å². The van der Waals surface area contributed by atoms with Crippen LogP contribution in [0.15, 0.2) is 24.3 Å². The zero-order valence-electron chi connectivity index (χ0n) is 6.31. The number of hydrogen-bond acceptors (Lipinski definition) is 0. The van der Waals surface area contributed by atoms with Crippen LogP contribution in [0, 0.1) is 0 Å². The third-order valence-electron chi connectivity index (χ3n) is 1.53. The molecule has 0 spiro atoms. The van der Waals surface area contributed by atoms with Gasteiger partial charge in [0.2, 0.25) is 0 Å². The molecule has 0 heterocycles. The van der Waals surface area contributed by atoms with Crippen molar-refractivity contribution >= 4 is 0 Å². The Kier molecular flexibility index (Phi) is 1.40. The van der Waals surface area contributed by atoms with E-state index in [1.807, 2.05) is 0 Å². The van der Waals surface area contributed by atoms with Crippen LogP contribution in [0.4, 0.5) is 0 Å². The molecule has 0 atom stereocenters. The van der Waals surface area contributed by atoms with Gasteiger partial charge in [-0.3, -0.25) is 0 Å². The smallest absolute Gasteiger partial charge is 0.0677 e. The van der Waals surface area contributed by atoms with Gasteiger partial charge in [0.05, 0.1) is 0 Å². The summed E-state index contributed by atoms with van der Waals surface area (Å²) in [6.07, 6.45) is 0. The number of hydrogen-bond donors (Lipinski definition) is 0. The van der Waals surface area contributed by atoms with Gasteiger partial charge in [0.1, 0.15) is 0 Å². The van der Waals surface area contributed by atoms with E-state index in [0.29, 0.717) is 5.41 Å². The molecule has 0 nitrogen and oxygen atoms in total. The van der Waals surface area contributed by atoms with Crippen molar-refractivity contribution in [2.45, 2.75) is 26.2 Å². The monoisotopic (exact) mass is 121 g/mol. The summed E-state index contributed by atoms with van der Waals surface area (Å²) < 4.78 is 0. The van der Waals surface area contributed by atoms with Crippen molar-refractivity contribution in [2.24, 2.45) is 0 Å². The fraction of sp³-hybridized carbons (Fsp3) is 0.444. The topological polar surface area (TPSA) is 0 Å². The molecule has 0 amide bonds. The third kappa shape index (κ3) is 1.38. The quantitative estimate of drug-likeness (QED) is 0.463. The molecule has 0 heteroatoms. The average Bonchev–Trinajstić information content (AvgIpc) is 2.08. The van der Waals surface area contributed by atoms with E-state index >= 15 is 0 Å². The minimum atomic E-state index is 0.323. The summed E-state index contributed by atoms with van der Waals surface area (Å²) in [4.78, 5) is 0. The lowest BCUT2D eigenvalue weighted by molar-refractivity contribution is 0.592. The van der Waals surface area contributed by atoms with Crippen molar-refractivity contribution in [3.8, 4) is 0 Å². The van der Waals surface area contributed by atoms with E-state index in [1.54, 1.807) is 0 Å². The first-order valence-electron chi connectivity index (χ1n) is 3.33. The molecular formula is C9H13-. The van der Waals surface area contributed by atoms with E-state index in [1.165, 1.54) is 5.56 Å². The zero-order chi connectivity index (χ0) is 6.91. The Hall–Kier alpha value is -0.650. The predicted molar refractivity (Wildman–Crippen MR) is 40.7 cm³/mol. The van der Waals surface area contributed by atoms with Crippen LogP contribution in [0.1, 0.15) is 26.3 Å². The largest absolute Gasteiger partial charge is 0.210 e. The molecule has 9 heavy (non-hydrogen) atoms. The molecule has 0 radical (unpaired) electrons. The minimum absolute atomic E-state index is 0.323. The fourth-order valence-electron chi connectivity index (χ4n) is 0.874. The molecule has 0 aromatic heterocycles. The molecule has 1 rings (SSSR count). The van der Waals surface area contributed by atoms with Crippen LogP contribution in [-0.4, -0.2) is 0 Å². The molecule has 1 aromatic rings. The van der Waals surface area contributed by atoms with Crippen LogP contribution in [0.25, 0.3) is 0 Å². The molecule has 0 bridgehead atoms. The van der Waals surface area contributed by atoms with Gasteiger partial charge in [-0.05, 0) is 0 Å². The maximum Gasteiger partial charge on any atom is -0.0677 e. The van der Waals surface area contributed by atoms with Crippen molar-refractivity contribution in [3.05, 3.63) is 29.8 Å². The SMILES string of the molecule is CC(C)(C)c1cc[cH-]c1. The van der Waals surface area contributed by atoms with E-state index in [4.69, 9.17) is 0 Å². The highest BCUT2D eigenvalue weighted by Crippen LogP contribution is 2.21. The first-order valence-corrected chi connectivity index (χ1v) is 3.33. The second kappa shape index (κ2) is 1.94. The van der Waals surface area contributed by atoms with Crippen LogP contribution < -0.4 is 0 Å². The lowest BCUT2D eigenvalue weighted by Crippen LogP contribution is -2.08. The Morgan fingerprint density at radius 2 is 2.00 bits per heavy atom. The van der Waals surface area contributed by atoms with Crippen molar-refractivity contribution in [3.63, 3.8) is 0 Å². The molecule has 0 saturated carbocycles. The van der Waals surface area contributed by atoms with Crippen molar-refractivity contribution in [1.29, 1.82) is 0 Å². The normalized spacial score (nSPS) is 11.9. The molecule has 0 unspecified atom stereocenters. The van der Waals surface area contributed by atoms with Gasteiger partial charge >= 0.3 is 0 Å². The summed E-state index contributed by atoms with van der Waals surface area (Å²) in [5, 5.41) is 0. The van der Waals surface area contributed by atoms with Gasteiger partial charge in [0.25, 0.3) is 0 Å². The van der Waals surface area contributed by atoms with Crippen molar-refractivity contribution < 1.29 is 0 Å². The highest BCUT2D eigenvalue weighted by molar-refractivity contribution is 5.23. The summed E-state index contributed by atoms with van der Waals surface area (Å²) >= 11 is 0. The standard InChI is InChI=1S/C9H13/c1-9(2,3)8-6-4-5-7-8/h4-7H,1-3H3/q-1. The van der Waals surface area contributed by atoms with Gasteiger partial charge in [-0.15, -0.1) is 0 Å². The van der Waals surface area contributed by atoms with Gasteiger partial charge in [-0.2, -0.15) is 23.8 Å². The Balaban J connectivity index is 2.90. The number of rotatable bonds is 0. The Morgan fingerprint density at radius 3 is 2.22 bits per heavy atom. The van der Waals surface area contributed by atoms with Crippen molar-refractivity contribution in [2.75, 3.05) is 0 Å². The average molecular weight is 121 g/mol. The molecule has 0 N–H and O–H groups in total. The maximum atomic E-state index is 2.22. The van der Waals surface area contributed by atoms with Crippen LogP contribution in [-0.2, 0) is 5.41 Å². The second-order valence-corrected chi connectivity index (χ2v) is 3.42. The molecule has 0 aliphatic rings. The molecule has 50 valence electrons. The Labute approximate surface area is 56.9 Å². The van der Waals surface area contributed by atoms with Crippen LogP contribution in [0.2, 0.25) is 0 Å². The minimum Gasteiger partial charge on any atom is -0.210 e. The maximum absolute atomic E-state index is 2.22. The second-order valence-electron chi connectivity index (χ2n) is 3.42. The molecule has 0 aliphatic carbocycles. The third-order valence-corrected chi connectivity index (χ3v) is 1.53. The molecule has 1 aromatic carbocycles. The first kappa shape index (κ1) is 6.47. The Bertz CT molecular complexity index is 162. The van der Waals surface area contributed by atoms with E-state index < -0.39 is 0 Å². The van der Waals surface area contributed by atoms with Gasteiger partial charge in [0, 0.05) is 0 Å². The van der Waals surface area contributed by atoms with Gasteiger partial charge < -0.3 is 0 Å². The van der Waals surface area contributed by atoms with E-state index in [2.05, 4.69) is 45.0 Å². The van der Waals surface area contributed by atoms with Gasteiger partial charge in [0.15, 0.2) is 0 Å². The Morgan fingerprint density at radius 1 is 1.33 bits per heavy atom. The molecule has 0 aliphatic heterocycles. The highest BCUT2D eigenvalue weighted by Gasteiger charge is 2.04. The predicted octanol–water partition coefficient (Wildman–Crippen LogP) is 2.70. The van der Waals surface area contributed by atoms with Gasteiger partial charge in [-0.25, -0.2) is 6.07 Å². The highest BCUT2D eigenvalue weighted by atomic mass is 14.2. The lowest BCUT2D eigenvalue weighted by Gasteiger charge is -2.23. The summed E-state index contributed by atoms with van der Waals surface area (Å²) in [6.45, 7) is 6.67. The van der Waals surface area contributed by atoms with E-state index in [0.717, 1.165) is 0 Å². The lowest BCUT2D eigenvalue weighted by atomic mass is 9.89. The summed E-state index contributed by atoms with van der Waals surface area (Å²) in [6, 6.07) is 8.50. The summed E-state index contributed by atoms with van der Waals surface area (Å²) in [7, 11) is 0. The van der Waals surface area contributed by atoms with E-state index in [-0.39, 0.29) is 0 Å². The van der Waals surface area contributed by atoms with Gasteiger partial charge in [-0.1, -0.05) is 26.2 Å². The summed E-state index contributed by atoms with van der Waals surface area (Å²) in [5.74, 6) is 0. The zero-order valence-corrected chi connectivity index (χ0v) is 6.31. The molecule has 0 fully saturated rings. The fourth-order valence-corrected chi connectivity index (χ4v) is 0.874. The summed E-state index contributed by atoms with van der Waals surface area (Å²) in [5.41, 5.74) is 1.74. The first-order chi connectivity index (χ1) is 4.11. The van der Waals surface area contributed by atoms with Crippen LogP contribution in [0.5, 0.6) is 0 Å². The van der Waals surface area contributed by atoms with Crippen LogP contribution >= 0.6 is 0 Å². The van der Waals surface area contributed by atoms with Crippen LogP contribution in [0.3, 0.4) is 0 Å². The van der Waals surface area contributed by atoms with E-state index in [9.17, 15) is 0 Å². The molecule has 0 saturated heterocycles. The molecular weight excluding hydrogens is 108 g/mol.